The van der Waals surface area contributed by atoms with Gasteiger partial charge in [0.15, 0.2) is 0 Å². The van der Waals surface area contributed by atoms with Crippen molar-refractivity contribution in [2.75, 3.05) is 19.7 Å². The number of aromatic hydroxyl groups is 1. The zero-order valence-electron chi connectivity index (χ0n) is 24.4. The Morgan fingerprint density at radius 2 is 1.83 bits per heavy atom. The standard InChI is InChI=1S/C31H38N4O7/c1-6-21-9-8-10-23(19-21)27(28(38)33-17-15-26(37)41-7-2)35(18-16-32)29(39)25(34-30(40)42-31(3,4)5)20-22-11-13-24(36)14-12-22/h6,8-14,19,25,27,36H,1,7,15,17-18,20H2,2-5H3,(H,33,38)(H,34,40). The fourth-order valence-electron chi connectivity index (χ4n) is 4.04. The van der Waals surface area contributed by atoms with E-state index in [0.29, 0.717) is 16.7 Å². The minimum atomic E-state index is -1.29. The second-order valence-electron chi connectivity index (χ2n) is 10.3. The number of ether oxygens (including phenoxy) is 2. The summed E-state index contributed by atoms with van der Waals surface area (Å²) in [7, 11) is 0. The van der Waals surface area contributed by atoms with E-state index in [1.807, 2.05) is 6.07 Å². The van der Waals surface area contributed by atoms with Crippen molar-refractivity contribution in [1.29, 1.82) is 5.26 Å². The molecule has 0 saturated carbocycles. The number of carbonyl (C=O) groups excluding carboxylic acids is 4. The number of hydrogen-bond donors (Lipinski definition) is 3. The molecule has 2 aromatic carbocycles. The van der Waals surface area contributed by atoms with Crippen molar-refractivity contribution in [1.82, 2.24) is 15.5 Å². The van der Waals surface area contributed by atoms with Gasteiger partial charge in [-0.1, -0.05) is 43.0 Å². The van der Waals surface area contributed by atoms with Crippen LogP contribution in [0.1, 0.15) is 56.8 Å². The van der Waals surface area contributed by atoms with Crippen molar-refractivity contribution in [2.24, 2.45) is 0 Å². The number of nitrogens with zero attached hydrogens (tertiary/aromatic N) is 2. The molecule has 0 aromatic heterocycles. The van der Waals surface area contributed by atoms with Gasteiger partial charge in [-0.3, -0.25) is 14.4 Å². The number of nitriles is 1. The van der Waals surface area contributed by atoms with E-state index in [4.69, 9.17) is 9.47 Å². The number of esters is 1. The average molecular weight is 579 g/mol. The molecule has 2 rings (SSSR count). The third-order valence-corrected chi connectivity index (χ3v) is 5.85. The van der Waals surface area contributed by atoms with E-state index in [2.05, 4.69) is 17.2 Å². The van der Waals surface area contributed by atoms with Crippen LogP contribution in [0.15, 0.2) is 55.1 Å². The number of nitrogens with one attached hydrogen (secondary N) is 2. The Bertz CT molecular complexity index is 1300. The fourth-order valence-corrected chi connectivity index (χ4v) is 4.04. The molecule has 0 aliphatic rings. The first-order chi connectivity index (χ1) is 19.9. The van der Waals surface area contributed by atoms with E-state index in [-0.39, 0.29) is 31.7 Å². The topological polar surface area (TPSA) is 158 Å². The molecule has 2 aromatic rings. The molecule has 3 amide bonds. The average Bonchev–Trinajstić information content (AvgIpc) is 2.92. The van der Waals surface area contributed by atoms with E-state index >= 15 is 0 Å². The number of benzene rings is 2. The molecule has 0 heterocycles. The highest BCUT2D eigenvalue weighted by Gasteiger charge is 2.36. The Labute approximate surface area is 246 Å². The maximum Gasteiger partial charge on any atom is 0.408 e. The van der Waals surface area contributed by atoms with Gasteiger partial charge >= 0.3 is 12.1 Å². The molecular formula is C31H38N4O7. The van der Waals surface area contributed by atoms with Gasteiger partial charge in [0.25, 0.3) is 0 Å². The largest absolute Gasteiger partial charge is 0.508 e. The summed E-state index contributed by atoms with van der Waals surface area (Å²) < 4.78 is 10.3. The van der Waals surface area contributed by atoms with Gasteiger partial charge in [0.1, 0.15) is 30.0 Å². The lowest BCUT2D eigenvalue weighted by atomic mass is 9.99. The third-order valence-electron chi connectivity index (χ3n) is 5.85. The number of phenolic OH excluding ortho intramolecular Hbond substituents is 1. The Kier molecular flexibility index (Phi) is 12.6. The maximum atomic E-state index is 14.1. The van der Waals surface area contributed by atoms with Gasteiger partial charge in [-0.25, -0.2) is 4.79 Å². The molecule has 2 atom stereocenters. The summed E-state index contributed by atoms with van der Waals surface area (Å²) in [6.45, 7) is 10.1. The maximum absolute atomic E-state index is 14.1. The molecule has 0 spiro atoms. The van der Waals surface area contributed by atoms with Gasteiger partial charge in [-0.2, -0.15) is 5.26 Å². The highest BCUT2D eigenvalue weighted by molar-refractivity contribution is 5.92. The highest BCUT2D eigenvalue weighted by Crippen LogP contribution is 2.25. The summed E-state index contributed by atoms with van der Waals surface area (Å²) in [5.74, 6) is -1.83. The third kappa shape index (κ3) is 10.6. The molecule has 11 nitrogen and oxygen atoms in total. The van der Waals surface area contributed by atoms with Gasteiger partial charge in [0.05, 0.1) is 19.1 Å². The van der Waals surface area contributed by atoms with Gasteiger partial charge in [-0.05, 0) is 62.6 Å². The number of hydrogen-bond acceptors (Lipinski definition) is 8. The van der Waals surface area contributed by atoms with Crippen molar-refractivity contribution in [3.05, 3.63) is 71.8 Å². The first kappa shape index (κ1) is 33.4. The van der Waals surface area contributed by atoms with Crippen LogP contribution in [-0.2, 0) is 30.3 Å². The lowest BCUT2D eigenvalue weighted by Gasteiger charge is -2.33. The normalized spacial score (nSPS) is 12.2. The fraction of sp³-hybridized carbons (Fsp3) is 0.387. The number of carbonyl (C=O) groups is 4. The first-order valence-corrected chi connectivity index (χ1v) is 13.5. The van der Waals surface area contributed by atoms with Crippen LogP contribution in [0.2, 0.25) is 0 Å². The molecule has 0 bridgehead atoms. The number of alkyl carbamates (subject to hydrolysis) is 1. The van der Waals surface area contributed by atoms with E-state index < -0.39 is 48.1 Å². The number of rotatable bonds is 13. The van der Waals surface area contributed by atoms with Crippen LogP contribution in [0.3, 0.4) is 0 Å². The van der Waals surface area contributed by atoms with Crippen LogP contribution < -0.4 is 10.6 Å². The zero-order valence-corrected chi connectivity index (χ0v) is 24.4. The van der Waals surface area contributed by atoms with Crippen molar-refractivity contribution in [3.8, 4) is 11.8 Å². The van der Waals surface area contributed by atoms with Gasteiger partial charge in [-0.15, -0.1) is 0 Å². The Hall–Kier alpha value is -4.85. The summed E-state index contributed by atoms with van der Waals surface area (Å²) in [4.78, 5) is 53.4. The van der Waals surface area contributed by atoms with Gasteiger partial charge in [0.2, 0.25) is 11.8 Å². The molecule has 11 heteroatoms. The van der Waals surface area contributed by atoms with Crippen molar-refractivity contribution >= 4 is 30.0 Å². The predicted molar refractivity (Wildman–Crippen MR) is 156 cm³/mol. The summed E-state index contributed by atoms with van der Waals surface area (Å²) in [5, 5.41) is 24.6. The SMILES string of the molecule is C=Cc1cccc(C(C(=O)NCCC(=O)OCC)N(CC#N)C(=O)C(Cc2ccc(O)cc2)NC(=O)OC(C)(C)C)c1. The van der Waals surface area contributed by atoms with E-state index in [1.54, 1.807) is 70.2 Å². The zero-order chi connectivity index (χ0) is 31.3. The monoisotopic (exact) mass is 578 g/mol. The van der Waals surface area contributed by atoms with Crippen LogP contribution >= 0.6 is 0 Å². The Morgan fingerprint density at radius 1 is 1.14 bits per heavy atom. The van der Waals surface area contributed by atoms with Crippen molar-refractivity contribution in [2.45, 2.75) is 58.2 Å². The summed E-state index contributed by atoms with van der Waals surface area (Å²) in [6, 6.07) is 12.2. The predicted octanol–water partition coefficient (Wildman–Crippen LogP) is 3.63. The molecular weight excluding hydrogens is 540 g/mol. The van der Waals surface area contributed by atoms with Gasteiger partial charge < -0.3 is 30.1 Å². The summed E-state index contributed by atoms with van der Waals surface area (Å²) in [5.41, 5.74) is 0.817. The molecule has 0 aliphatic heterocycles. The quantitative estimate of drug-likeness (QED) is 0.240. The molecule has 2 unspecified atom stereocenters. The van der Waals surface area contributed by atoms with Crippen molar-refractivity contribution in [3.63, 3.8) is 0 Å². The molecule has 0 saturated heterocycles. The van der Waals surface area contributed by atoms with Crippen LogP contribution in [0, 0.1) is 11.3 Å². The summed E-state index contributed by atoms with van der Waals surface area (Å²) in [6.07, 6.45) is 0.604. The van der Waals surface area contributed by atoms with E-state index in [1.165, 1.54) is 12.1 Å². The van der Waals surface area contributed by atoms with Crippen LogP contribution in [0.5, 0.6) is 5.75 Å². The Balaban J connectivity index is 2.51. The minimum Gasteiger partial charge on any atom is -0.508 e. The Morgan fingerprint density at radius 3 is 2.43 bits per heavy atom. The minimum absolute atomic E-state index is 0.0227. The second kappa shape index (κ2) is 15.8. The number of amides is 3. The number of phenols is 1. The van der Waals surface area contributed by atoms with Gasteiger partial charge in [0, 0.05) is 13.0 Å². The molecule has 0 radical (unpaired) electrons. The van der Waals surface area contributed by atoms with Crippen LogP contribution in [0.25, 0.3) is 6.08 Å². The first-order valence-electron chi connectivity index (χ1n) is 13.5. The highest BCUT2D eigenvalue weighted by atomic mass is 16.6. The molecule has 0 fully saturated rings. The van der Waals surface area contributed by atoms with E-state index in [0.717, 1.165) is 4.90 Å². The smallest absolute Gasteiger partial charge is 0.408 e. The van der Waals surface area contributed by atoms with Crippen molar-refractivity contribution < 1.29 is 33.8 Å². The molecule has 3 N–H and O–H groups in total. The van der Waals surface area contributed by atoms with Crippen LogP contribution in [-0.4, -0.2) is 65.2 Å². The second-order valence-corrected chi connectivity index (χ2v) is 10.3. The van der Waals surface area contributed by atoms with E-state index in [9.17, 15) is 29.5 Å². The lowest BCUT2D eigenvalue weighted by Crippen LogP contribution is -2.54. The summed E-state index contributed by atoms with van der Waals surface area (Å²) >= 11 is 0. The molecule has 0 aliphatic carbocycles. The molecule has 42 heavy (non-hydrogen) atoms. The molecule has 224 valence electrons. The van der Waals surface area contributed by atoms with Crippen LogP contribution in [0.4, 0.5) is 4.79 Å². The lowest BCUT2D eigenvalue weighted by molar-refractivity contribution is -0.144.